The molecule has 0 bridgehead atoms. The number of allylic oxidation sites excluding steroid dienone is 2. The van der Waals surface area contributed by atoms with E-state index in [1.54, 1.807) is 0 Å². The highest BCUT2D eigenvalue weighted by atomic mass is 16.3. The zero-order chi connectivity index (χ0) is 41.6. The summed E-state index contributed by atoms with van der Waals surface area (Å²) in [6.45, 7) is 13.5. The zero-order valence-corrected chi connectivity index (χ0v) is 35.6. The fourth-order valence-electron chi connectivity index (χ4n) is 9.70. The van der Waals surface area contributed by atoms with Gasteiger partial charge < -0.3 is 23.5 Å². The van der Waals surface area contributed by atoms with Crippen LogP contribution in [0.2, 0.25) is 0 Å². The molecule has 0 fully saturated rings. The summed E-state index contributed by atoms with van der Waals surface area (Å²) in [5.74, 6) is 0. The molecule has 2 aliphatic heterocycles. The first-order valence-corrected chi connectivity index (χ1v) is 21.4. The summed E-state index contributed by atoms with van der Waals surface area (Å²) in [4.78, 5) is 7.38. The van der Waals surface area contributed by atoms with E-state index >= 15 is 0 Å². The van der Waals surface area contributed by atoms with Gasteiger partial charge >= 0.3 is 0 Å². The predicted molar refractivity (Wildman–Crippen MR) is 255 cm³/mol. The summed E-state index contributed by atoms with van der Waals surface area (Å²) in [6, 6.07) is 54.7. The first-order chi connectivity index (χ1) is 29.5. The molecule has 5 nitrogen and oxygen atoms in total. The van der Waals surface area contributed by atoms with Gasteiger partial charge in [-0.2, -0.15) is 0 Å². The number of benzene rings is 6. The molecule has 11 rings (SSSR count). The Morgan fingerprint density at radius 1 is 0.607 bits per heavy atom. The molecule has 2 aromatic heterocycles. The zero-order valence-electron chi connectivity index (χ0n) is 35.6. The molecule has 6 aromatic carbocycles. The summed E-state index contributed by atoms with van der Waals surface area (Å²) in [7, 11) is 0. The van der Waals surface area contributed by atoms with Crippen molar-refractivity contribution in [3.8, 4) is 0 Å². The maximum atomic E-state index is 7.02. The molecule has 0 spiro atoms. The van der Waals surface area contributed by atoms with Crippen molar-refractivity contribution in [3.63, 3.8) is 0 Å². The lowest BCUT2D eigenvalue weighted by atomic mass is 9.34. The first-order valence-electron chi connectivity index (χ1n) is 21.4. The minimum atomic E-state index is -0.215. The molecule has 0 amide bonds. The van der Waals surface area contributed by atoms with E-state index in [9.17, 15) is 0 Å². The second kappa shape index (κ2) is 13.8. The van der Waals surface area contributed by atoms with Crippen LogP contribution in [-0.2, 0) is 10.8 Å². The average Bonchev–Trinajstić information content (AvgIpc) is 3.81. The van der Waals surface area contributed by atoms with Crippen LogP contribution in [-0.4, -0.2) is 6.71 Å². The molecule has 8 aromatic rings. The summed E-state index contributed by atoms with van der Waals surface area (Å²) in [5.41, 5.74) is 17.3. The van der Waals surface area contributed by atoms with Gasteiger partial charge in [0.15, 0.2) is 0 Å². The van der Waals surface area contributed by atoms with Gasteiger partial charge in [-0.25, -0.2) is 0 Å². The fourth-order valence-corrected chi connectivity index (χ4v) is 9.70. The number of furan rings is 2. The molecule has 4 heterocycles. The lowest BCUT2D eigenvalue weighted by molar-refractivity contribution is 0.551. The Morgan fingerprint density at radius 2 is 1.20 bits per heavy atom. The van der Waals surface area contributed by atoms with Crippen LogP contribution in [0, 0.1) is 0 Å². The molecule has 3 aliphatic rings. The molecule has 0 unspecified atom stereocenters. The third-order valence-corrected chi connectivity index (χ3v) is 12.6. The molecule has 0 atom stereocenters. The highest BCUT2D eigenvalue weighted by Crippen LogP contribution is 2.51. The Morgan fingerprint density at radius 3 is 1.84 bits per heavy atom. The highest BCUT2D eigenvalue weighted by Gasteiger charge is 2.48. The van der Waals surface area contributed by atoms with Crippen molar-refractivity contribution in [3.05, 3.63) is 191 Å². The van der Waals surface area contributed by atoms with Gasteiger partial charge in [-0.3, -0.25) is 0 Å². The minimum Gasteiger partial charge on any atom is -0.476 e. The van der Waals surface area contributed by atoms with Gasteiger partial charge in [0.05, 0.1) is 23.3 Å². The number of rotatable bonds is 5. The summed E-state index contributed by atoms with van der Waals surface area (Å²) in [6.07, 6.45) is 7.40. The van der Waals surface area contributed by atoms with Crippen LogP contribution in [0.1, 0.15) is 59.1 Å². The SMILES string of the molecule is CC(C)(C)c1ccc(N2c3cc(N(c4ccccc4)c4ccccc4)cc4c3B(C3=C(CC=c5c(oc6ccccc56)=C3)N4c3ccccc3)c3occ(C(C)(C)C)c32)cc1. The fraction of sp³-hybridized carbons (Fsp3) is 0.164. The van der Waals surface area contributed by atoms with Crippen molar-refractivity contribution in [2.45, 2.75) is 58.8 Å². The van der Waals surface area contributed by atoms with Gasteiger partial charge in [0, 0.05) is 62.4 Å². The van der Waals surface area contributed by atoms with Crippen LogP contribution >= 0.6 is 0 Å². The van der Waals surface area contributed by atoms with Gasteiger partial charge in [-0.1, -0.05) is 133 Å². The monoisotopic (exact) mass is 793 g/mol. The van der Waals surface area contributed by atoms with E-state index in [0.29, 0.717) is 6.42 Å². The lowest BCUT2D eigenvalue weighted by Crippen LogP contribution is -2.55. The van der Waals surface area contributed by atoms with Crippen LogP contribution in [0.3, 0.4) is 0 Å². The molecule has 0 saturated carbocycles. The van der Waals surface area contributed by atoms with Crippen LogP contribution in [0.25, 0.3) is 23.1 Å². The number of fused-ring (bicyclic) bond motifs is 6. The summed E-state index contributed by atoms with van der Waals surface area (Å²) >= 11 is 0. The van der Waals surface area contributed by atoms with Crippen LogP contribution in [0.4, 0.5) is 45.5 Å². The average molecular weight is 794 g/mol. The minimum absolute atomic E-state index is 0.00869. The topological polar surface area (TPSA) is 36.0 Å². The molecule has 0 saturated heterocycles. The molecular weight excluding hydrogens is 745 g/mol. The van der Waals surface area contributed by atoms with Crippen LogP contribution < -0.4 is 36.5 Å². The largest absolute Gasteiger partial charge is 0.476 e. The van der Waals surface area contributed by atoms with Gasteiger partial charge in [-0.15, -0.1) is 0 Å². The lowest BCUT2D eigenvalue weighted by Gasteiger charge is -2.44. The van der Waals surface area contributed by atoms with Crippen molar-refractivity contribution in [2.75, 3.05) is 14.7 Å². The molecule has 298 valence electrons. The van der Waals surface area contributed by atoms with Crippen molar-refractivity contribution in [1.29, 1.82) is 0 Å². The predicted octanol–water partition coefficient (Wildman–Crippen LogP) is 12.1. The third-order valence-electron chi connectivity index (χ3n) is 12.6. The van der Waals surface area contributed by atoms with E-state index in [4.69, 9.17) is 8.83 Å². The molecule has 0 radical (unpaired) electrons. The highest BCUT2D eigenvalue weighted by molar-refractivity contribution is 6.95. The quantitative estimate of drug-likeness (QED) is 0.162. The Bertz CT molecular complexity index is 3090. The second-order valence-electron chi connectivity index (χ2n) is 18.6. The Labute approximate surface area is 358 Å². The Hall–Kier alpha value is -6.92. The molecule has 0 N–H and O–H groups in total. The van der Waals surface area contributed by atoms with E-state index in [1.807, 2.05) is 6.26 Å². The van der Waals surface area contributed by atoms with Gasteiger partial charge in [0.2, 0.25) is 0 Å². The van der Waals surface area contributed by atoms with Crippen molar-refractivity contribution >= 4 is 86.5 Å². The summed E-state index contributed by atoms with van der Waals surface area (Å²) in [5, 5.41) is 2.26. The van der Waals surface area contributed by atoms with Gasteiger partial charge in [-0.05, 0) is 100 Å². The smallest absolute Gasteiger partial charge is 0.297 e. The molecule has 6 heteroatoms. The number of nitrogens with zero attached hydrogens (tertiary/aromatic N) is 3. The van der Waals surface area contributed by atoms with E-state index in [2.05, 4.69) is 220 Å². The number of anilines is 8. The Balaban J connectivity index is 1.28. The maximum Gasteiger partial charge on any atom is 0.297 e. The maximum absolute atomic E-state index is 7.02. The van der Waals surface area contributed by atoms with Crippen molar-refractivity contribution < 1.29 is 8.83 Å². The molecular formula is C55H48BN3O2. The van der Waals surface area contributed by atoms with E-state index in [-0.39, 0.29) is 17.5 Å². The van der Waals surface area contributed by atoms with E-state index in [1.165, 1.54) is 27.8 Å². The summed E-state index contributed by atoms with van der Waals surface area (Å²) < 4.78 is 13.7. The molecule has 61 heavy (non-hydrogen) atoms. The van der Waals surface area contributed by atoms with Crippen molar-refractivity contribution in [2.24, 2.45) is 0 Å². The van der Waals surface area contributed by atoms with Gasteiger partial charge in [0.25, 0.3) is 6.71 Å². The second-order valence-corrected chi connectivity index (χ2v) is 18.6. The van der Waals surface area contributed by atoms with Crippen LogP contribution in [0.5, 0.6) is 0 Å². The molecule has 1 aliphatic carbocycles. The van der Waals surface area contributed by atoms with Crippen LogP contribution in [0.15, 0.2) is 178 Å². The number of hydrogen-bond acceptors (Lipinski definition) is 5. The number of hydrogen-bond donors (Lipinski definition) is 0. The normalized spacial score (nSPS) is 14.4. The number of para-hydroxylation sites is 4. The van der Waals surface area contributed by atoms with E-state index < -0.39 is 0 Å². The Kier molecular flexibility index (Phi) is 8.41. The standard InChI is InChI=1S/C55H48BN3O2/c1-54(2,3)36-26-28-40(29-27-36)59-48-33-41(57(37-18-10-7-11-19-37)38-20-12-8-13-21-38)32-47-51(48)56(53-52(59)44(35-60-53)55(4,5)6)45-34-50-43(42-24-16-17-25-49(42)61-50)30-31-46(45)58(47)39-22-14-9-15-23-39/h7-30,32-35H,31H2,1-6H3. The van der Waals surface area contributed by atoms with E-state index in [0.717, 1.165) is 72.8 Å². The third kappa shape index (κ3) is 5.99. The van der Waals surface area contributed by atoms with Crippen molar-refractivity contribution in [1.82, 2.24) is 0 Å². The van der Waals surface area contributed by atoms with Gasteiger partial charge in [0.1, 0.15) is 11.0 Å². The first kappa shape index (κ1) is 37.1.